The summed E-state index contributed by atoms with van der Waals surface area (Å²) in [4.78, 5) is 12.2. The number of aryl methyl sites for hydroxylation is 1. The number of carbonyl (C=O) groups is 1. The number of carbonyl (C=O) groups excluding carboxylic acids is 1. The van der Waals surface area contributed by atoms with Crippen LogP contribution in [0.1, 0.15) is 27.0 Å². The van der Waals surface area contributed by atoms with Crippen LogP contribution in [0.2, 0.25) is 0 Å². The predicted molar refractivity (Wildman–Crippen MR) is 100 cm³/mol. The minimum atomic E-state index is -4.61. The Balaban J connectivity index is 1.66. The summed E-state index contributed by atoms with van der Waals surface area (Å²) in [6.07, 6.45) is -4.61. The maximum Gasteiger partial charge on any atom is 0.417 e. The Morgan fingerprint density at radius 3 is 2.52 bits per heavy atom. The van der Waals surface area contributed by atoms with Gasteiger partial charge in [0.2, 0.25) is 5.13 Å². The van der Waals surface area contributed by atoms with Crippen molar-refractivity contribution in [3.63, 3.8) is 0 Å². The Hall–Kier alpha value is -2.39. The number of anilines is 1. The van der Waals surface area contributed by atoms with E-state index in [2.05, 4.69) is 15.5 Å². The van der Waals surface area contributed by atoms with Gasteiger partial charge in [-0.05, 0) is 24.6 Å². The van der Waals surface area contributed by atoms with Gasteiger partial charge in [-0.3, -0.25) is 10.1 Å². The van der Waals surface area contributed by atoms with Crippen LogP contribution in [-0.4, -0.2) is 16.1 Å². The fourth-order valence-electron chi connectivity index (χ4n) is 2.24. The van der Waals surface area contributed by atoms with Crippen LogP contribution in [0.3, 0.4) is 0 Å². The van der Waals surface area contributed by atoms with E-state index >= 15 is 0 Å². The van der Waals surface area contributed by atoms with Gasteiger partial charge in [0.1, 0.15) is 0 Å². The van der Waals surface area contributed by atoms with Crippen LogP contribution >= 0.6 is 23.1 Å². The third kappa shape index (κ3) is 5.08. The molecule has 0 fully saturated rings. The molecule has 1 heterocycles. The van der Waals surface area contributed by atoms with Crippen molar-refractivity contribution in [3.05, 3.63) is 70.8 Å². The number of halogens is 3. The van der Waals surface area contributed by atoms with Gasteiger partial charge in [-0.1, -0.05) is 65.1 Å². The lowest BCUT2D eigenvalue weighted by Crippen LogP contribution is -2.18. The number of thioether (sulfide) groups is 1. The minimum Gasteiger partial charge on any atom is -0.296 e. The maximum absolute atomic E-state index is 13.0. The van der Waals surface area contributed by atoms with Gasteiger partial charge in [-0.25, -0.2) is 0 Å². The van der Waals surface area contributed by atoms with Crippen molar-refractivity contribution in [1.82, 2.24) is 10.2 Å². The molecule has 1 aromatic heterocycles. The van der Waals surface area contributed by atoms with E-state index in [1.54, 1.807) is 0 Å². The average Bonchev–Trinajstić information content (AvgIpc) is 3.08. The highest BCUT2D eigenvalue weighted by molar-refractivity contribution is 8.00. The summed E-state index contributed by atoms with van der Waals surface area (Å²) >= 11 is 2.56. The Kier molecular flexibility index (Phi) is 5.81. The summed E-state index contributed by atoms with van der Waals surface area (Å²) in [6.45, 7) is 2.01. The molecular weight excluding hydrogens is 395 g/mol. The van der Waals surface area contributed by atoms with Crippen LogP contribution in [0.5, 0.6) is 0 Å². The van der Waals surface area contributed by atoms with Gasteiger partial charge >= 0.3 is 6.18 Å². The average molecular weight is 409 g/mol. The van der Waals surface area contributed by atoms with E-state index < -0.39 is 23.2 Å². The predicted octanol–water partition coefficient (Wildman–Crippen LogP) is 5.41. The molecule has 0 aliphatic carbocycles. The highest BCUT2D eigenvalue weighted by Crippen LogP contribution is 2.33. The SMILES string of the molecule is Cc1ccc(CSc2nnc(NC(=O)c3ccccc3C(F)(F)F)s2)cc1. The molecule has 9 heteroatoms. The normalized spacial score (nSPS) is 11.4. The fourth-order valence-corrected chi connectivity index (χ4v) is 3.94. The Bertz CT molecular complexity index is 940. The number of alkyl halides is 3. The number of rotatable bonds is 5. The first kappa shape index (κ1) is 19.4. The van der Waals surface area contributed by atoms with E-state index in [1.807, 2.05) is 31.2 Å². The number of nitrogens with one attached hydrogen (secondary N) is 1. The van der Waals surface area contributed by atoms with Gasteiger partial charge < -0.3 is 0 Å². The molecule has 0 bridgehead atoms. The van der Waals surface area contributed by atoms with E-state index in [0.717, 1.165) is 29.0 Å². The molecule has 0 unspecified atom stereocenters. The maximum atomic E-state index is 13.0. The number of benzene rings is 2. The van der Waals surface area contributed by atoms with Crippen LogP contribution in [0, 0.1) is 6.92 Å². The van der Waals surface area contributed by atoms with Crippen LogP contribution in [-0.2, 0) is 11.9 Å². The van der Waals surface area contributed by atoms with Crippen LogP contribution in [0.4, 0.5) is 18.3 Å². The zero-order valence-corrected chi connectivity index (χ0v) is 15.7. The van der Waals surface area contributed by atoms with E-state index in [1.165, 1.54) is 29.5 Å². The Morgan fingerprint density at radius 2 is 1.81 bits per heavy atom. The summed E-state index contributed by atoms with van der Waals surface area (Å²) in [5.41, 5.74) is 0.851. The summed E-state index contributed by atoms with van der Waals surface area (Å²) < 4.78 is 39.7. The molecule has 0 aliphatic heterocycles. The lowest BCUT2D eigenvalue weighted by molar-refractivity contribution is -0.137. The Morgan fingerprint density at radius 1 is 1.11 bits per heavy atom. The van der Waals surface area contributed by atoms with Gasteiger partial charge in [0.25, 0.3) is 5.91 Å². The molecule has 0 spiro atoms. The quantitative estimate of drug-likeness (QED) is 0.452. The van der Waals surface area contributed by atoms with Gasteiger partial charge in [0.05, 0.1) is 11.1 Å². The molecule has 3 rings (SSSR count). The molecule has 140 valence electrons. The van der Waals surface area contributed by atoms with E-state index in [-0.39, 0.29) is 5.13 Å². The zero-order chi connectivity index (χ0) is 19.4. The first-order chi connectivity index (χ1) is 12.8. The third-order valence-corrected chi connectivity index (χ3v) is 5.63. The number of hydrogen-bond acceptors (Lipinski definition) is 5. The lowest BCUT2D eigenvalue weighted by atomic mass is 10.1. The molecule has 2 aromatic carbocycles. The van der Waals surface area contributed by atoms with E-state index in [0.29, 0.717) is 10.1 Å². The largest absolute Gasteiger partial charge is 0.417 e. The summed E-state index contributed by atoms with van der Waals surface area (Å²) in [7, 11) is 0. The molecule has 0 saturated heterocycles. The molecule has 4 nitrogen and oxygen atoms in total. The van der Waals surface area contributed by atoms with Crippen LogP contribution < -0.4 is 5.32 Å². The van der Waals surface area contributed by atoms with Gasteiger partial charge in [-0.2, -0.15) is 13.2 Å². The number of hydrogen-bond donors (Lipinski definition) is 1. The third-order valence-electron chi connectivity index (χ3n) is 3.59. The summed E-state index contributed by atoms with van der Waals surface area (Å²) in [6, 6.07) is 12.7. The second-order valence-electron chi connectivity index (χ2n) is 5.64. The van der Waals surface area contributed by atoms with Crippen molar-refractivity contribution in [3.8, 4) is 0 Å². The highest BCUT2D eigenvalue weighted by Gasteiger charge is 2.35. The molecule has 1 N–H and O–H groups in total. The summed E-state index contributed by atoms with van der Waals surface area (Å²) in [5.74, 6) is -0.186. The topological polar surface area (TPSA) is 54.9 Å². The van der Waals surface area contributed by atoms with Crippen molar-refractivity contribution in [1.29, 1.82) is 0 Å². The van der Waals surface area contributed by atoms with Crippen molar-refractivity contribution in [2.75, 3.05) is 5.32 Å². The first-order valence-electron chi connectivity index (χ1n) is 7.82. The van der Waals surface area contributed by atoms with Crippen molar-refractivity contribution in [2.45, 2.75) is 23.2 Å². The molecule has 0 saturated carbocycles. The number of amides is 1. The molecule has 0 atom stereocenters. The molecule has 0 radical (unpaired) electrons. The van der Waals surface area contributed by atoms with Crippen LogP contribution in [0.25, 0.3) is 0 Å². The van der Waals surface area contributed by atoms with Gasteiger partial charge in [-0.15, -0.1) is 10.2 Å². The number of aromatic nitrogens is 2. The summed E-state index contributed by atoms with van der Waals surface area (Å²) in [5, 5.41) is 10.3. The van der Waals surface area contributed by atoms with Crippen molar-refractivity contribution >= 4 is 34.1 Å². The standard InChI is InChI=1S/C18H14F3N3OS2/c1-11-6-8-12(9-7-11)10-26-17-24-23-16(27-17)22-15(25)13-4-2-3-5-14(13)18(19,20)21/h2-9H,10H2,1H3,(H,22,23,25). The van der Waals surface area contributed by atoms with Gasteiger partial charge in [0.15, 0.2) is 4.34 Å². The molecular formula is C18H14F3N3OS2. The zero-order valence-electron chi connectivity index (χ0n) is 14.1. The fraction of sp³-hybridized carbons (Fsp3) is 0.167. The number of nitrogens with zero attached hydrogens (tertiary/aromatic N) is 2. The van der Waals surface area contributed by atoms with E-state index in [9.17, 15) is 18.0 Å². The molecule has 0 aliphatic rings. The highest BCUT2D eigenvalue weighted by atomic mass is 32.2. The molecule has 3 aromatic rings. The van der Waals surface area contributed by atoms with Gasteiger partial charge in [0, 0.05) is 5.75 Å². The monoisotopic (exact) mass is 409 g/mol. The second kappa shape index (κ2) is 8.10. The second-order valence-corrected chi connectivity index (χ2v) is 7.84. The lowest BCUT2D eigenvalue weighted by Gasteiger charge is -2.11. The van der Waals surface area contributed by atoms with Crippen molar-refractivity contribution in [2.24, 2.45) is 0 Å². The smallest absolute Gasteiger partial charge is 0.296 e. The minimum absolute atomic E-state index is 0.156. The molecule has 27 heavy (non-hydrogen) atoms. The Labute approximate surface area is 161 Å². The van der Waals surface area contributed by atoms with Crippen LogP contribution in [0.15, 0.2) is 52.9 Å². The molecule has 1 amide bonds. The first-order valence-corrected chi connectivity index (χ1v) is 9.62. The van der Waals surface area contributed by atoms with E-state index in [4.69, 9.17) is 0 Å². The van der Waals surface area contributed by atoms with Crippen molar-refractivity contribution < 1.29 is 18.0 Å².